The Labute approximate surface area is 319 Å². The molecular formula is C55H34. The van der Waals surface area contributed by atoms with E-state index in [0.717, 1.165) is 0 Å². The van der Waals surface area contributed by atoms with Crippen LogP contribution in [0.1, 0.15) is 22.3 Å². The van der Waals surface area contributed by atoms with Gasteiger partial charge in [0.15, 0.2) is 0 Å². The van der Waals surface area contributed by atoms with E-state index < -0.39 is 5.41 Å². The van der Waals surface area contributed by atoms with Crippen molar-refractivity contribution in [2.24, 2.45) is 0 Å². The molecule has 0 N–H and O–H groups in total. The van der Waals surface area contributed by atoms with Crippen LogP contribution in [-0.2, 0) is 5.41 Å². The monoisotopic (exact) mass is 694 g/mol. The largest absolute Gasteiger partial charge is 0.0719 e. The Morgan fingerprint density at radius 1 is 0.273 bits per heavy atom. The molecule has 0 radical (unpaired) electrons. The maximum absolute atomic E-state index is 2.49. The van der Waals surface area contributed by atoms with E-state index in [1.54, 1.807) is 0 Å². The van der Waals surface area contributed by atoms with Crippen LogP contribution in [0.15, 0.2) is 206 Å². The highest BCUT2D eigenvalue weighted by Gasteiger charge is 2.47. The minimum atomic E-state index is -0.483. The second-order valence-corrected chi connectivity index (χ2v) is 15.2. The zero-order valence-electron chi connectivity index (χ0n) is 30.1. The molecule has 0 atom stereocenters. The summed E-state index contributed by atoms with van der Waals surface area (Å²) < 4.78 is 0. The van der Waals surface area contributed by atoms with Crippen LogP contribution in [0.2, 0.25) is 0 Å². The lowest BCUT2D eigenvalue weighted by molar-refractivity contribution is 0.776. The third-order valence-corrected chi connectivity index (χ3v) is 12.4. The molecule has 0 spiro atoms. The summed E-state index contributed by atoms with van der Waals surface area (Å²) in [5.74, 6) is 0. The molecule has 12 rings (SSSR count). The summed E-state index contributed by atoms with van der Waals surface area (Å²) in [7, 11) is 0. The van der Waals surface area contributed by atoms with Crippen LogP contribution in [0.4, 0.5) is 0 Å². The van der Waals surface area contributed by atoms with Gasteiger partial charge in [-0.05, 0) is 146 Å². The maximum atomic E-state index is 2.49. The highest BCUT2D eigenvalue weighted by atomic mass is 14.5. The Kier molecular flexibility index (Phi) is 6.36. The van der Waals surface area contributed by atoms with Gasteiger partial charge in [0.05, 0.1) is 5.41 Å². The van der Waals surface area contributed by atoms with E-state index >= 15 is 0 Å². The molecule has 0 nitrogen and oxygen atoms in total. The molecule has 0 saturated heterocycles. The first-order chi connectivity index (χ1) is 27.2. The molecule has 11 aromatic carbocycles. The molecule has 0 aliphatic heterocycles. The molecule has 0 amide bonds. The second-order valence-electron chi connectivity index (χ2n) is 15.2. The fraction of sp³-hybridized carbons (Fsp3) is 0.0182. The third kappa shape index (κ3) is 4.34. The van der Waals surface area contributed by atoms with Crippen molar-refractivity contribution in [2.45, 2.75) is 5.41 Å². The van der Waals surface area contributed by atoms with E-state index in [-0.39, 0.29) is 0 Å². The first-order valence-corrected chi connectivity index (χ1v) is 19.2. The Balaban J connectivity index is 1.06. The molecule has 0 heteroatoms. The summed E-state index contributed by atoms with van der Waals surface area (Å²) in [5.41, 5.74) is 12.4. The van der Waals surface area contributed by atoms with Crippen molar-refractivity contribution >= 4 is 53.9 Å². The van der Waals surface area contributed by atoms with Crippen LogP contribution in [-0.4, -0.2) is 0 Å². The molecule has 55 heavy (non-hydrogen) atoms. The average molecular weight is 695 g/mol. The predicted octanol–water partition coefficient (Wildman–Crippen LogP) is 14.6. The molecule has 0 bridgehead atoms. The average Bonchev–Trinajstić information content (AvgIpc) is 3.56. The Morgan fingerprint density at radius 2 is 0.709 bits per heavy atom. The van der Waals surface area contributed by atoms with Gasteiger partial charge in [-0.2, -0.15) is 0 Å². The standard InChI is InChI=1S/C55H34/c1-3-14-46(15-4-1)55(47-16-5-2-6-17-47)51-34-39(26-27-49(51)50-28-25-36-12-9-10-18-48(36)54(50)55)45-32-42-23-21-40-30-44(31-41-22-24-43(33-45)53(42)52(40)41)38-20-19-35-11-7-8-13-37(35)29-38/h1-34H. The third-order valence-electron chi connectivity index (χ3n) is 12.4. The number of fused-ring (bicyclic) bond motifs is 6. The summed E-state index contributed by atoms with van der Waals surface area (Å²) in [6.45, 7) is 0. The van der Waals surface area contributed by atoms with E-state index in [1.807, 2.05) is 0 Å². The zero-order chi connectivity index (χ0) is 36.1. The molecule has 1 aliphatic carbocycles. The van der Waals surface area contributed by atoms with Crippen molar-refractivity contribution < 1.29 is 0 Å². The first-order valence-electron chi connectivity index (χ1n) is 19.2. The summed E-state index contributed by atoms with van der Waals surface area (Å²) in [6, 6.07) is 77.3. The van der Waals surface area contributed by atoms with Crippen LogP contribution in [0.5, 0.6) is 0 Å². The fourth-order valence-electron chi connectivity index (χ4n) is 9.99. The highest BCUT2D eigenvalue weighted by molar-refractivity contribution is 6.24. The lowest BCUT2D eigenvalue weighted by Crippen LogP contribution is -2.28. The fourth-order valence-corrected chi connectivity index (χ4v) is 9.99. The van der Waals surface area contributed by atoms with Gasteiger partial charge in [0.25, 0.3) is 0 Å². The van der Waals surface area contributed by atoms with Crippen LogP contribution in [0.25, 0.3) is 87.2 Å². The van der Waals surface area contributed by atoms with Crippen LogP contribution >= 0.6 is 0 Å². The van der Waals surface area contributed by atoms with Gasteiger partial charge < -0.3 is 0 Å². The molecule has 0 unspecified atom stereocenters. The Bertz CT molecular complexity index is 3190. The van der Waals surface area contributed by atoms with E-state index in [4.69, 9.17) is 0 Å². The van der Waals surface area contributed by atoms with Gasteiger partial charge in [-0.25, -0.2) is 0 Å². The molecule has 0 saturated carbocycles. The molecule has 1 aliphatic rings. The summed E-state index contributed by atoms with van der Waals surface area (Å²) >= 11 is 0. The molecule has 0 heterocycles. The van der Waals surface area contributed by atoms with E-state index in [1.165, 1.54) is 109 Å². The van der Waals surface area contributed by atoms with E-state index in [9.17, 15) is 0 Å². The zero-order valence-corrected chi connectivity index (χ0v) is 30.1. The van der Waals surface area contributed by atoms with Gasteiger partial charge in [-0.15, -0.1) is 0 Å². The highest BCUT2D eigenvalue weighted by Crippen LogP contribution is 2.58. The van der Waals surface area contributed by atoms with Gasteiger partial charge in [0.1, 0.15) is 0 Å². The van der Waals surface area contributed by atoms with Crippen molar-refractivity contribution in [3.8, 4) is 33.4 Å². The topological polar surface area (TPSA) is 0 Å². The van der Waals surface area contributed by atoms with Gasteiger partial charge in [-0.3, -0.25) is 0 Å². The van der Waals surface area contributed by atoms with Gasteiger partial charge in [0, 0.05) is 0 Å². The Morgan fingerprint density at radius 3 is 1.33 bits per heavy atom. The van der Waals surface area contributed by atoms with Crippen molar-refractivity contribution in [2.75, 3.05) is 0 Å². The van der Waals surface area contributed by atoms with Crippen molar-refractivity contribution in [1.82, 2.24) is 0 Å². The molecular weight excluding hydrogens is 661 g/mol. The number of benzene rings is 11. The first kappa shape index (κ1) is 30.4. The number of hydrogen-bond acceptors (Lipinski definition) is 0. The van der Waals surface area contributed by atoms with Crippen LogP contribution in [0.3, 0.4) is 0 Å². The van der Waals surface area contributed by atoms with Gasteiger partial charge in [-0.1, -0.05) is 170 Å². The Hall–Kier alpha value is -7.02. The minimum absolute atomic E-state index is 0.483. The summed E-state index contributed by atoms with van der Waals surface area (Å²) in [6.07, 6.45) is 0. The quantitative estimate of drug-likeness (QED) is 0.161. The van der Waals surface area contributed by atoms with Crippen molar-refractivity contribution in [3.05, 3.63) is 229 Å². The van der Waals surface area contributed by atoms with Gasteiger partial charge >= 0.3 is 0 Å². The minimum Gasteiger partial charge on any atom is -0.0622 e. The number of hydrogen-bond donors (Lipinski definition) is 0. The van der Waals surface area contributed by atoms with Gasteiger partial charge in [0.2, 0.25) is 0 Å². The second kappa shape index (κ2) is 11.5. The maximum Gasteiger partial charge on any atom is 0.0719 e. The molecule has 254 valence electrons. The molecule has 11 aromatic rings. The van der Waals surface area contributed by atoms with Crippen molar-refractivity contribution in [3.63, 3.8) is 0 Å². The summed E-state index contributed by atoms with van der Waals surface area (Å²) in [5, 5.41) is 12.9. The lowest BCUT2D eigenvalue weighted by atomic mass is 9.66. The van der Waals surface area contributed by atoms with E-state index in [2.05, 4.69) is 206 Å². The van der Waals surface area contributed by atoms with Crippen LogP contribution < -0.4 is 0 Å². The predicted molar refractivity (Wildman–Crippen MR) is 233 cm³/mol. The van der Waals surface area contributed by atoms with Crippen molar-refractivity contribution in [1.29, 1.82) is 0 Å². The van der Waals surface area contributed by atoms with Crippen LogP contribution in [0, 0.1) is 0 Å². The smallest absolute Gasteiger partial charge is 0.0622 e. The van der Waals surface area contributed by atoms with E-state index in [0.29, 0.717) is 0 Å². The SMILES string of the molecule is c1ccc(C2(c3ccccc3)c3cc(-c4cc5ccc6cc(-c7ccc8ccccc8c7)cc7ccc(c4)c5c67)ccc3-c3ccc4ccccc4c32)cc1. The number of rotatable bonds is 4. The molecule has 0 fully saturated rings. The molecule has 0 aromatic heterocycles. The summed E-state index contributed by atoms with van der Waals surface area (Å²) in [4.78, 5) is 0. The normalized spacial score (nSPS) is 13.2. The lowest BCUT2D eigenvalue weighted by Gasteiger charge is -2.35.